The first-order valence-corrected chi connectivity index (χ1v) is 14.2. The highest BCUT2D eigenvalue weighted by molar-refractivity contribution is 6.13. The van der Waals surface area contributed by atoms with Gasteiger partial charge in [0.25, 0.3) is 0 Å². The summed E-state index contributed by atoms with van der Waals surface area (Å²) in [6, 6.07) is 44.0. The molecule has 3 heteroatoms. The maximum atomic E-state index is 4.97. The van der Waals surface area contributed by atoms with Crippen LogP contribution in [-0.4, -0.2) is 14.1 Å². The molecule has 8 aromatic rings. The van der Waals surface area contributed by atoms with Crippen molar-refractivity contribution in [3.05, 3.63) is 139 Å². The number of hydrogen-bond acceptors (Lipinski definition) is 1. The Morgan fingerprint density at radius 1 is 0.585 bits per heavy atom. The molecule has 3 nitrogen and oxygen atoms in total. The van der Waals surface area contributed by atoms with Gasteiger partial charge in [0.2, 0.25) is 0 Å². The number of benzene rings is 6. The summed E-state index contributed by atoms with van der Waals surface area (Å²) in [5.74, 6) is 0. The van der Waals surface area contributed by atoms with Crippen LogP contribution in [0.3, 0.4) is 0 Å². The van der Waals surface area contributed by atoms with Gasteiger partial charge in [0.05, 0.1) is 22.2 Å². The van der Waals surface area contributed by atoms with Gasteiger partial charge >= 0.3 is 0 Å². The summed E-state index contributed by atoms with van der Waals surface area (Å²) in [5.41, 5.74) is 12.1. The monoisotopic (exact) mass is 525 g/mol. The minimum Gasteiger partial charge on any atom is -0.307 e. The van der Waals surface area contributed by atoms with E-state index in [1.54, 1.807) is 0 Å². The zero-order chi connectivity index (χ0) is 27.3. The fourth-order valence-corrected chi connectivity index (χ4v) is 7.32. The lowest BCUT2D eigenvalue weighted by Crippen LogP contribution is -2.15. The molecule has 9 rings (SSSR count). The second kappa shape index (κ2) is 7.96. The average molecular weight is 526 g/mol. The molecule has 6 aromatic carbocycles. The highest BCUT2D eigenvalue weighted by atomic mass is 15.1. The number of imidazole rings is 1. The Balaban J connectivity index is 1.37. The largest absolute Gasteiger partial charge is 0.307 e. The summed E-state index contributed by atoms with van der Waals surface area (Å²) in [4.78, 5) is 4.97. The lowest BCUT2D eigenvalue weighted by molar-refractivity contribution is 0.667. The van der Waals surface area contributed by atoms with Gasteiger partial charge in [-0.15, -0.1) is 0 Å². The third-order valence-corrected chi connectivity index (χ3v) is 9.16. The van der Waals surface area contributed by atoms with Crippen LogP contribution in [0.5, 0.6) is 0 Å². The zero-order valence-corrected chi connectivity index (χ0v) is 23.0. The molecule has 0 saturated heterocycles. The van der Waals surface area contributed by atoms with Crippen LogP contribution in [0.2, 0.25) is 0 Å². The van der Waals surface area contributed by atoms with Gasteiger partial charge in [0.1, 0.15) is 11.8 Å². The second-order valence-corrected chi connectivity index (χ2v) is 11.7. The van der Waals surface area contributed by atoms with E-state index in [0.717, 1.165) is 22.4 Å². The summed E-state index contributed by atoms with van der Waals surface area (Å²) >= 11 is 0. The van der Waals surface area contributed by atoms with Crippen LogP contribution in [0.15, 0.2) is 128 Å². The topological polar surface area (TPSA) is 22.8 Å². The number of aromatic nitrogens is 3. The zero-order valence-electron chi connectivity index (χ0n) is 23.0. The van der Waals surface area contributed by atoms with E-state index in [-0.39, 0.29) is 5.41 Å². The van der Waals surface area contributed by atoms with Crippen molar-refractivity contribution in [3.8, 4) is 22.5 Å². The normalized spacial score (nSPS) is 13.8. The van der Waals surface area contributed by atoms with Crippen LogP contribution < -0.4 is 0 Å². The predicted molar refractivity (Wildman–Crippen MR) is 170 cm³/mol. The molecule has 0 aliphatic heterocycles. The Morgan fingerprint density at radius 3 is 2.22 bits per heavy atom. The van der Waals surface area contributed by atoms with Crippen LogP contribution >= 0.6 is 0 Å². The molecule has 1 aliphatic carbocycles. The molecule has 0 fully saturated rings. The van der Waals surface area contributed by atoms with Crippen LogP contribution in [-0.2, 0) is 5.41 Å². The lowest BCUT2D eigenvalue weighted by atomic mass is 9.80. The molecule has 0 spiro atoms. The van der Waals surface area contributed by atoms with Gasteiger partial charge in [0, 0.05) is 21.9 Å². The number of rotatable bonds is 2. The van der Waals surface area contributed by atoms with E-state index in [1.807, 2.05) is 12.4 Å². The van der Waals surface area contributed by atoms with Gasteiger partial charge in [0.15, 0.2) is 0 Å². The van der Waals surface area contributed by atoms with Gasteiger partial charge in [-0.3, -0.25) is 4.57 Å². The Bertz CT molecular complexity index is 2330. The van der Waals surface area contributed by atoms with Crippen molar-refractivity contribution < 1.29 is 0 Å². The molecule has 0 unspecified atom stereocenters. The third kappa shape index (κ3) is 2.95. The van der Waals surface area contributed by atoms with Crippen molar-refractivity contribution in [1.82, 2.24) is 14.1 Å². The van der Waals surface area contributed by atoms with Crippen molar-refractivity contribution in [3.63, 3.8) is 0 Å². The molecule has 194 valence electrons. The maximum Gasteiger partial charge on any atom is 0.113 e. The lowest BCUT2D eigenvalue weighted by Gasteiger charge is -2.23. The van der Waals surface area contributed by atoms with E-state index in [9.17, 15) is 0 Å². The molecular formula is C38H27N3. The Kier molecular flexibility index (Phi) is 4.39. The molecule has 0 radical (unpaired) electrons. The predicted octanol–water partition coefficient (Wildman–Crippen LogP) is 9.58. The minimum absolute atomic E-state index is 0.0998. The number of hydrogen-bond donors (Lipinski definition) is 0. The standard InChI is InChI=1S/C38H27N3/c1-38(2)31-21-30-27-15-8-9-16-32(27)41(34-18-10-17-33-37(34)39-23-40(33)25-12-4-3-5-13-25)35(30)22-29(31)28-20-19-24-11-6-7-14-26(24)36(28)38/h3-23H,1-2H3. The first-order valence-electron chi connectivity index (χ1n) is 14.2. The molecule has 0 amide bonds. The Morgan fingerprint density at radius 2 is 1.34 bits per heavy atom. The van der Waals surface area contributed by atoms with E-state index in [0.29, 0.717) is 0 Å². The van der Waals surface area contributed by atoms with E-state index in [4.69, 9.17) is 4.98 Å². The highest BCUT2D eigenvalue weighted by Crippen LogP contribution is 2.53. The SMILES string of the molecule is CC1(C)c2cc3c4ccccc4n(-c4cccc5c4ncn5-c4ccccc4)c3cc2-c2ccc3ccccc3c21. The third-order valence-electron chi connectivity index (χ3n) is 9.16. The number of fused-ring (bicyclic) bond motifs is 9. The van der Waals surface area contributed by atoms with Gasteiger partial charge in [-0.2, -0.15) is 0 Å². The van der Waals surface area contributed by atoms with E-state index in [2.05, 4.69) is 138 Å². The van der Waals surface area contributed by atoms with Crippen molar-refractivity contribution >= 4 is 43.6 Å². The summed E-state index contributed by atoms with van der Waals surface area (Å²) in [7, 11) is 0. The fraction of sp³-hybridized carbons (Fsp3) is 0.0789. The summed E-state index contributed by atoms with van der Waals surface area (Å²) in [5, 5.41) is 5.19. The molecule has 0 N–H and O–H groups in total. The Hall–Kier alpha value is -5.15. The molecule has 2 aromatic heterocycles. The summed E-state index contributed by atoms with van der Waals surface area (Å²) in [6.07, 6.45) is 1.94. The van der Waals surface area contributed by atoms with Crippen LogP contribution in [0, 0.1) is 0 Å². The van der Waals surface area contributed by atoms with Gasteiger partial charge in [-0.05, 0) is 75.5 Å². The first-order chi connectivity index (χ1) is 20.1. The second-order valence-electron chi connectivity index (χ2n) is 11.7. The molecule has 1 aliphatic rings. The fourth-order valence-electron chi connectivity index (χ4n) is 7.32. The van der Waals surface area contributed by atoms with Gasteiger partial charge in [-0.1, -0.05) is 92.7 Å². The van der Waals surface area contributed by atoms with Crippen molar-refractivity contribution in [2.45, 2.75) is 19.3 Å². The number of nitrogens with zero attached hydrogens (tertiary/aromatic N) is 3. The van der Waals surface area contributed by atoms with Crippen LogP contribution in [0.25, 0.3) is 66.1 Å². The molecular weight excluding hydrogens is 498 g/mol. The average Bonchev–Trinajstić information content (AvgIpc) is 3.66. The smallest absolute Gasteiger partial charge is 0.113 e. The van der Waals surface area contributed by atoms with E-state index >= 15 is 0 Å². The molecule has 0 bridgehead atoms. The molecule has 0 atom stereocenters. The maximum absolute atomic E-state index is 4.97. The van der Waals surface area contributed by atoms with E-state index < -0.39 is 0 Å². The molecule has 2 heterocycles. The molecule has 0 saturated carbocycles. The number of para-hydroxylation sites is 3. The van der Waals surface area contributed by atoms with Gasteiger partial charge < -0.3 is 4.57 Å². The van der Waals surface area contributed by atoms with E-state index in [1.165, 1.54) is 54.8 Å². The summed E-state index contributed by atoms with van der Waals surface area (Å²) in [6.45, 7) is 4.76. The van der Waals surface area contributed by atoms with Crippen LogP contribution in [0.4, 0.5) is 0 Å². The Labute approximate surface area is 237 Å². The highest BCUT2D eigenvalue weighted by Gasteiger charge is 2.37. The first kappa shape index (κ1) is 22.6. The summed E-state index contributed by atoms with van der Waals surface area (Å²) < 4.78 is 4.59. The van der Waals surface area contributed by atoms with Crippen LogP contribution in [0.1, 0.15) is 25.0 Å². The van der Waals surface area contributed by atoms with Gasteiger partial charge in [-0.25, -0.2) is 4.98 Å². The van der Waals surface area contributed by atoms with Crippen molar-refractivity contribution in [2.24, 2.45) is 0 Å². The molecule has 41 heavy (non-hydrogen) atoms. The van der Waals surface area contributed by atoms with Crippen molar-refractivity contribution in [2.75, 3.05) is 0 Å². The van der Waals surface area contributed by atoms with Crippen molar-refractivity contribution in [1.29, 1.82) is 0 Å². The quantitative estimate of drug-likeness (QED) is 0.220. The minimum atomic E-state index is -0.0998.